The zero-order chi connectivity index (χ0) is 17.6. The van der Waals surface area contributed by atoms with E-state index in [0.29, 0.717) is 5.82 Å². The quantitative estimate of drug-likeness (QED) is 0.705. The van der Waals surface area contributed by atoms with Crippen molar-refractivity contribution in [3.63, 3.8) is 0 Å². The minimum absolute atomic E-state index is 0.0769. The Morgan fingerprint density at radius 1 is 1.29 bits per heavy atom. The molecular formula is C15H18N4O4S. The molecule has 24 heavy (non-hydrogen) atoms. The first-order chi connectivity index (χ1) is 11.4. The van der Waals surface area contributed by atoms with Gasteiger partial charge in [-0.15, -0.1) is 0 Å². The molecule has 0 spiro atoms. The van der Waals surface area contributed by atoms with Crippen molar-refractivity contribution in [3.05, 3.63) is 48.3 Å². The molecule has 1 atom stereocenters. The van der Waals surface area contributed by atoms with Gasteiger partial charge in [-0.1, -0.05) is 12.1 Å². The molecular weight excluding hydrogens is 332 g/mol. The van der Waals surface area contributed by atoms with Crippen LogP contribution in [0.1, 0.15) is 18.0 Å². The van der Waals surface area contributed by atoms with Crippen LogP contribution in [-0.4, -0.2) is 37.5 Å². The molecule has 1 unspecified atom stereocenters. The van der Waals surface area contributed by atoms with Crippen molar-refractivity contribution < 1.29 is 17.9 Å². The van der Waals surface area contributed by atoms with E-state index in [-0.39, 0.29) is 23.9 Å². The van der Waals surface area contributed by atoms with Gasteiger partial charge in [-0.3, -0.25) is 4.79 Å². The number of anilines is 1. The Hall–Kier alpha value is -2.52. The van der Waals surface area contributed by atoms with Gasteiger partial charge in [-0.25, -0.2) is 18.4 Å². The van der Waals surface area contributed by atoms with Crippen molar-refractivity contribution >= 4 is 21.6 Å². The molecule has 0 bridgehead atoms. The molecule has 0 saturated heterocycles. The summed E-state index contributed by atoms with van der Waals surface area (Å²) in [6.45, 7) is 1.91. The maximum atomic E-state index is 12.5. The van der Waals surface area contributed by atoms with Gasteiger partial charge in [-0.05, 0) is 31.2 Å². The summed E-state index contributed by atoms with van der Waals surface area (Å²) in [6.07, 6.45) is 1.38. The molecule has 0 aliphatic carbocycles. The van der Waals surface area contributed by atoms with E-state index in [9.17, 15) is 13.2 Å². The van der Waals surface area contributed by atoms with Crippen LogP contribution in [0.3, 0.4) is 0 Å². The highest BCUT2D eigenvalue weighted by Gasteiger charge is 2.27. The molecule has 9 heteroatoms. The first kappa shape index (κ1) is 17.8. The lowest BCUT2D eigenvalue weighted by molar-refractivity contribution is -0.140. The zero-order valence-electron chi connectivity index (χ0n) is 13.0. The standard InChI is InChI=1S/C15H18N4O4S/c1-2-23-14(20)10-18-12-7-5-6-11(19-12)15(16)24(21,22)13-8-3-4-9-17-13/h3-9,15H,2,10,16H2,1H3,(H,18,19). The fourth-order valence-corrected chi connectivity index (χ4v) is 3.07. The predicted octanol–water partition coefficient (Wildman–Crippen LogP) is 0.883. The molecule has 0 radical (unpaired) electrons. The van der Waals surface area contributed by atoms with Crippen LogP contribution in [0.15, 0.2) is 47.6 Å². The number of nitrogens with zero attached hydrogens (tertiary/aromatic N) is 2. The summed E-state index contributed by atoms with van der Waals surface area (Å²) in [5.41, 5.74) is 6.02. The third-order valence-corrected chi connectivity index (χ3v) is 4.78. The van der Waals surface area contributed by atoms with E-state index in [0.717, 1.165) is 0 Å². The van der Waals surface area contributed by atoms with Crippen molar-refractivity contribution in [2.45, 2.75) is 17.3 Å². The van der Waals surface area contributed by atoms with Crippen LogP contribution in [0.5, 0.6) is 0 Å². The molecule has 2 aromatic heterocycles. The van der Waals surface area contributed by atoms with Gasteiger partial charge in [0.1, 0.15) is 12.4 Å². The molecule has 0 fully saturated rings. The minimum Gasteiger partial charge on any atom is -0.465 e. The van der Waals surface area contributed by atoms with Crippen LogP contribution in [-0.2, 0) is 19.4 Å². The van der Waals surface area contributed by atoms with Crippen molar-refractivity contribution in [2.75, 3.05) is 18.5 Å². The van der Waals surface area contributed by atoms with E-state index in [4.69, 9.17) is 10.5 Å². The summed E-state index contributed by atoms with van der Waals surface area (Å²) in [7, 11) is -3.86. The van der Waals surface area contributed by atoms with Gasteiger partial charge in [0.05, 0.1) is 12.3 Å². The SMILES string of the molecule is CCOC(=O)CNc1cccc(C(N)S(=O)(=O)c2ccccn2)n1. The Labute approximate surface area is 140 Å². The van der Waals surface area contributed by atoms with E-state index >= 15 is 0 Å². The highest BCUT2D eigenvalue weighted by atomic mass is 32.2. The number of nitrogens with one attached hydrogen (secondary N) is 1. The second-order valence-corrected chi connectivity index (χ2v) is 6.76. The van der Waals surface area contributed by atoms with Gasteiger partial charge in [-0.2, -0.15) is 0 Å². The van der Waals surface area contributed by atoms with Gasteiger partial charge in [0.15, 0.2) is 10.4 Å². The van der Waals surface area contributed by atoms with Crippen LogP contribution in [0, 0.1) is 0 Å². The average molecular weight is 350 g/mol. The number of aromatic nitrogens is 2. The lowest BCUT2D eigenvalue weighted by atomic mass is 10.3. The third-order valence-electron chi connectivity index (χ3n) is 3.04. The lowest BCUT2D eigenvalue weighted by Gasteiger charge is -2.13. The van der Waals surface area contributed by atoms with Gasteiger partial charge >= 0.3 is 5.97 Å². The second kappa shape index (κ2) is 7.84. The fourth-order valence-electron chi connectivity index (χ4n) is 1.89. The molecule has 0 aromatic carbocycles. The summed E-state index contributed by atoms with van der Waals surface area (Å²) in [4.78, 5) is 19.3. The second-order valence-electron chi connectivity index (χ2n) is 4.74. The van der Waals surface area contributed by atoms with E-state index in [1.807, 2.05) is 0 Å². The average Bonchev–Trinajstić information content (AvgIpc) is 2.60. The molecule has 0 aliphatic rings. The van der Waals surface area contributed by atoms with E-state index < -0.39 is 21.2 Å². The van der Waals surface area contributed by atoms with Gasteiger partial charge in [0, 0.05) is 6.20 Å². The van der Waals surface area contributed by atoms with Crippen molar-refractivity contribution in [1.82, 2.24) is 9.97 Å². The first-order valence-electron chi connectivity index (χ1n) is 7.22. The summed E-state index contributed by atoms with van der Waals surface area (Å²) < 4.78 is 29.7. The molecule has 3 N–H and O–H groups in total. The van der Waals surface area contributed by atoms with Crippen LogP contribution < -0.4 is 11.1 Å². The molecule has 2 aromatic rings. The number of esters is 1. The first-order valence-corrected chi connectivity index (χ1v) is 8.76. The smallest absolute Gasteiger partial charge is 0.325 e. The lowest BCUT2D eigenvalue weighted by Crippen LogP contribution is -2.24. The zero-order valence-corrected chi connectivity index (χ0v) is 13.9. The number of hydrogen-bond donors (Lipinski definition) is 2. The van der Waals surface area contributed by atoms with Crippen LogP contribution in [0.4, 0.5) is 5.82 Å². The van der Waals surface area contributed by atoms with Gasteiger partial charge in [0.2, 0.25) is 9.84 Å². The number of carbonyl (C=O) groups is 1. The largest absolute Gasteiger partial charge is 0.465 e. The maximum Gasteiger partial charge on any atom is 0.325 e. The molecule has 0 aliphatic heterocycles. The van der Waals surface area contributed by atoms with Crippen LogP contribution in [0.2, 0.25) is 0 Å². The van der Waals surface area contributed by atoms with E-state index in [1.165, 1.54) is 18.3 Å². The highest BCUT2D eigenvalue weighted by molar-refractivity contribution is 7.91. The monoisotopic (exact) mass is 350 g/mol. The molecule has 0 amide bonds. The Kier molecular flexibility index (Phi) is 5.83. The third kappa shape index (κ3) is 4.27. The normalized spacial score (nSPS) is 12.4. The number of ether oxygens (including phenoxy) is 1. The van der Waals surface area contributed by atoms with Crippen molar-refractivity contribution in [3.8, 4) is 0 Å². The molecule has 2 heterocycles. The number of sulfone groups is 1. The number of rotatable bonds is 7. The van der Waals surface area contributed by atoms with E-state index in [2.05, 4.69) is 15.3 Å². The van der Waals surface area contributed by atoms with Gasteiger partial charge < -0.3 is 15.8 Å². The maximum absolute atomic E-state index is 12.5. The van der Waals surface area contributed by atoms with Crippen molar-refractivity contribution in [1.29, 1.82) is 0 Å². The summed E-state index contributed by atoms with van der Waals surface area (Å²) in [5, 5.41) is 1.28. The Bertz CT molecular complexity index is 796. The van der Waals surface area contributed by atoms with Crippen LogP contribution in [0.25, 0.3) is 0 Å². The Morgan fingerprint density at radius 2 is 2.08 bits per heavy atom. The summed E-state index contributed by atoms with van der Waals surface area (Å²) in [5.74, 6) is -0.109. The summed E-state index contributed by atoms with van der Waals surface area (Å²) >= 11 is 0. The fraction of sp³-hybridized carbons (Fsp3) is 0.267. The number of pyridine rings is 2. The van der Waals surface area contributed by atoms with Gasteiger partial charge in [0.25, 0.3) is 0 Å². The molecule has 128 valence electrons. The Morgan fingerprint density at radius 3 is 2.75 bits per heavy atom. The highest BCUT2D eigenvalue weighted by Crippen LogP contribution is 2.22. The van der Waals surface area contributed by atoms with Crippen molar-refractivity contribution in [2.24, 2.45) is 5.73 Å². The van der Waals surface area contributed by atoms with E-state index in [1.54, 1.807) is 31.2 Å². The summed E-state index contributed by atoms with van der Waals surface area (Å²) in [6, 6.07) is 9.26. The number of hydrogen-bond acceptors (Lipinski definition) is 8. The molecule has 8 nitrogen and oxygen atoms in total. The molecule has 0 saturated carbocycles. The number of nitrogens with two attached hydrogens (primary N) is 1. The Balaban J connectivity index is 2.17. The topological polar surface area (TPSA) is 124 Å². The number of carbonyl (C=O) groups excluding carboxylic acids is 1. The minimum atomic E-state index is -3.86. The molecule has 2 rings (SSSR count). The predicted molar refractivity (Wildman–Crippen MR) is 87.7 cm³/mol. The van der Waals surface area contributed by atoms with Crippen LogP contribution >= 0.6 is 0 Å².